The second kappa shape index (κ2) is 10.8. The zero-order valence-corrected chi connectivity index (χ0v) is 26.7. The highest BCUT2D eigenvalue weighted by atomic mass is 79.9. The Balaban J connectivity index is 2.28. The zero-order chi connectivity index (χ0) is 23.9. The van der Waals surface area contributed by atoms with Gasteiger partial charge in [0.2, 0.25) is 0 Å². The van der Waals surface area contributed by atoms with Crippen molar-refractivity contribution >= 4 is 139 Å². The molecule has 4 aromatic rings. The molecule has 0 bridgehead atoms. The summed E-state index contributed by atoms with van der Waals surface area (Å²) < 4.78 is 3.59. The third kappa shape index (κ3) is 5.13. The Hall–Kier alpha value is 0.390. The molecule has 0 N–H and O–H groups in total. The Bertz CT molecular complexity index is 1170. The lowest BCUT2D eigenvalue weighted by atomic mass is 10.3. The first-order valence-electron chi connectivity index (χ1n) is 9.36. The van der Waals surface area contributed by atoms with Crippen molar-refractivity contribution in [1.82, 2.24) is 0 Å². The van der Waals surface area contributed by atoms with Crippen LogP contribution in [0, 0.1) is 0 Å². The largest absolute Gasteiger partial charge is 0.149 e. The number of benzene rings is 4. The van der Waals surface area contributed by atoms with Gasteiger partial charge in [-0.1, -0.05) is 46.4 Å². The lowest BCUT2D eigenvalue weighted by molar-refractivity contribution is 1.64. The molecule has 33 heavy (non-hydrogen) atoms. The van der Waals surface area contributed by atoms with E-state index in [0.29, 0.717) is 20.1 Å². The van der Waals surface area contributed by atoms with Gasteiger partial charge in [0.25, 0.3) is 0 Å². The predicted octanol–water partition coefficient (Wildman–Crippen LogP) is 9.97. The van der Waals surface area contributed by atoms with E-state index >= 15 is 0 Å². The second-order valence-corrected chi connectivity index (χ2v) is 15.5. The lowest BCUT2D eigenvalue weighted by Crippen LogP contribution is -2.41. The molecule has 0 heterocycles. The summed E-state index contributed by atoms with van der Waals surface area (Å²) in [6.07, 6.45) is 0. The maximum Gasteiger partial charge on any atom is 0.149 e. The third-order valence-corrected chi connectivity index (χ3v) is 14.3. The first-order chi connectivity index (χ1) is 15.6. The predicted molar refractivity (Wildman–Crippen MR) is 162 cm³/mol. The van der Waals surface area contributed by atoms with Gasteiger partial charge < -0.3 is 0 Å². The molecule has 4 rings (SSSR count). The van der Waals surface area contributed by atoms with Gasteiger partial charge in [-0.15, -0.1) is 0 Å². The standard InChI is InChI=1S/C24H12Br4Cl4P/c25-17-9-13(29)1-5-21(17)33(22-6-2-14(30)10-18(22)26,23-7-3-15(31)11-19(23)27)24-8-4-16(32)12-20(24)28/h1-12H/q+1. The first-order valence-corrected chi connectivity index (χ1v) is 15.8. The Morgan fingerprint density at radius 2 is 0.606 bits per heavy atom. The van der Waals surface area contributed by atoms with Gasteiger partial charge in [-0.05, 0) is 137 Å². The molecule has 0 unspecified atom stereocenters. The minimum absolute atomic E-state index is 0.643. The smallest absolute Gasteiger partial charge is 0.0843 e. The molecule has 0 atom stereocenters. The number of halogens is 8. The van der Waals surface area contributed by atoms with Crippen LogP contribution in [0.4, 0.5) is 0 Å². The van der Waals surface area contributed by atoms with E-state index in [0.717, 1.165) is 39.1 Å². The van der Waals surface area contributed by atoms with Crippen LogP contribution in [-0.2, 0) is 0 Å². The molecule has 0 aliphatic rings. The van der Waals surface area contributed by atoms with Crippen LogP contribution in [0.1, 0.15) is 0 Å². The maximum atomic E-state index is 6.36. The van der Waals surface area contributed by atoms with Crippen molar-refractivity contribution in [1.29, 1.82) is 0 Å². The number of hydrogen-bond acceptors (Lipinski definition) is 0. The van der Waals surface area contributed by atoms with Crippen molar-refractivity contribution < 1.29 is 0 Å². The number of hydrogen-bond donors (Lipinski definition) is 0. The summed E-state index contributed by atoms with van der Waals surface area (Å²) in [5, 5.41) is 6.91. The van der Waals surface area contributed by atoms with Gasteiger partial charge in [-0.3, -0.25) is 0 Å². The summed E-state index contributed by atoms with van der Waals surface area (Å²) in [4.78, 5) is 0. The summed E-state index contributed by atoms with van der Waals surface area (Å²) in [6, 6.07) is 23.6. The van der Waals surface area contributed by atoms with Crippen molar-refractivity contribution in [2.45, 2.75) is 0 Å². The molecule has 0 fully saturated rings. The normalized spacial score (nSPS) is 11.6. The summed E-state index contributed by atoms with van der Waals surface area (Å²) in [7, 11) is -2.56. The molecule has 0 radical (unpaired) electrons. The zero-order valence-electron chi connectivity index (χ0n) is 16.4. The molecule has 4 aromatic carbocycles. The highest BCUT2D eigenvalue weighted by Gasteiger charge is 2.53. The van der Waals surface area contributed by atoms with Gasteiger partial charge in [-0.25, -0.2) is 0 Å². The Kier molecular flexibility index (Phi) is 8.65. The third-order valence-electron chi connectivity index (χ3n) is 5.08. The van der Waals surface area contributed by atoms with E-state index in [1.165, 1.54) is 0 Å². The summed E-state index contributed by atoms with van der Waals surface area (Å²) in [5.74, 6) is 0. The maximum absolute atomic E-state index is 6.36. The van der Waals surface area contributed by atoms with Gasteiger partial charge in [-0.2, -0.15) is 0 Å². The van der Waals surface area contributed by atoms with Crippen LogP contribution in [0.3, 0.4) is 0 Å². The first kappa shape index (κ1) is 26.5. The van der Waals surface area contributed by atoms with Crippen LogP contribution in [-0.4, -0.2) is 0 Å². The summed E-state index contributed by atoms with van der Waals surface area (Å²) in [6.45, 7) is 0. The minimum atomic E-state index is -2.56. The van der Waals surface area contributed by atoms with Gasteiger partial charge in [0.15, 0.2) is 0 Å². The lowest BCUT2D eigenvalue weighted by Gasteiger charge is -2.30. The molecule has 0 saturated heterocycles. The fraction of sp³-hybridized carbons (Fsp3) is 0. The molecule has 0 amide bonds. The van der Waals surface area contributed by atoms with Gasteiger partial charge >= 0.3 is 0 Å². The molecular formula is C24H12Br4Cl4P+. The molecule has 0 nitrogen and oxygen atoms in total. The van der Waals surface area contributed by atoms with E-state index in [9.17, 15) is 0 Å². The van der Waals surface area contributed by atoms with Crippen LogP contribution in [0.2, 0.25) is 20.1 Å². The van der Waals surface area contributed by atoms with Crippen molar-refractivity contribution in [2.24, 2.45) is 0 Å². The Morgan fingerprint density at radius 1 is 0.394 bits per heavy atom. The molecule has 168 valence electrons. The van der Waals surface area contributed by atoms with Crippen LogP contribution < -0.4 is 21.2 Å². The summed E-state index contributed by atoms with van der Waals surface area (Å²) in [5.41, 5.74) is 0. The van der Waals surface area contributed by atoms with E-state index in [2.05, 4.69) is 88.0 Å². The second-order valence-electron chi connectivity index (χ2n) is 7.05. The molecule has 0 aliphatic carbocycles. The SMILES string of the molecule is Clc1ccc([P+](c2ccc(Cl)cc2Br)(c2ccc(Cl)cc2Br)c2ccc(Cl)cc2Br)c(Br)c1. The fourth-order valence-electron chi connectivity index (χ4n) is 3.79. The van der Waals surface area contributed by atoms with Crippen molar-refractivity contribution in [3.05, 3.63) is 111 Å². The Morgan fingerprint density at radius 3 is 0.788 bits per heavy atom. The fourth-order valence-corrected chi connectivity index (χ4v) is 14.0. The molecule has 0 aliphatic heterocycles. The molecular weight excluding hydrogens is 781 g/mol. The quantitative estimate of drug-likeness (QED) is 0.181. The molecule has 0 saturated carbocycles. The van der Waals surface area contributed by atoms with Crippen LogP contribution in [0.15, 0.2) is 90.7 Å². The van der Waals surface area contributed by atoms with Crippen LogP contribution >= 0.6 is 117 Å². The van der Waals surface area contributed by atoms with E-state index in [1.807, 2.05) is 48.5 Å². The van der Waals surface area contributed by atoms with Gasteiger partial charge in [0, 0.05) is 20.1 Å². The minimum Gasteiger partial charge on any atom is -0.0843 e. The van der Waals surface area contributed by atoms with Crippen molar-refractivity contribution in [3.8, 4) is 0 Å². The average molecular weight is 793 g/mol. The van der Waals surface area contributed by atoms with Gasteiger partial charge in [0.05, 0.1) is 17.9 Å². The van der Waals surface area contributed by atoms with E-state index in [4.69, 9.17) is 46.4 Å². The van der Waals surface area contributed by atoms with Crippen LogP contribution in [0.25, 0.3) is 0 Å². The molecule has 0 spiro atoms. The van der Waals surface area contributed by atoms with E-state index < -0.39 is 7.26 Å². The van der Waals surface area contributed by atoms with Gasteiger partial charge in [0.1, 0.15) is 28.5 Å². The summed E-state index contributed by atoms with van der Waals surface area (Å²) >= 11 is 40.7. The highest BCUT2D eigenvalue weighted by Crippen LogP contribution is 2.60. The van der Waals surface area contributed by atoms with Crippen molar-refractivity contribution in [2.75, 3.05) is 0 Å². The average Bonchev–Trinajstić information content (AvgIpc) is 2.72. The van der Waals surface area contributed by atoms with Crippen molar-refractivity contribution in [3.63, 3.8) is 0 Å². The Labute approximate surface area is 246 Å². The number of rotatable bonds is 4. The van der Waals surface area contributed by atoms with E-state index in [-0.39, 0.29) is 0 Å². The topological polar surface area (TPSA) is 0 Å². The monoisotopic (exact) mass is 787 g/mol. The highest BCUT2D eigenvalue weighted by molar-refractivity contribution is 9.11. The molecule has 9 heteroatoms. The van der Waals surface area contributed by atoms with E-state index in [1.54, 1.807) is 0 Å². The van der Waals surface area contributed by atoms with Crippen LogP contribution in [0.5, 0.6) is 0 Å². The molecule has 0 aromatic heterocycles.